The van der Waals surface area contributed by atoms with Gasteiger partial charge in [-0.2, -0.15) is 8.78 Å². The van der Waals surface area contributed by atoms with E-state index in [1.165, 1.54) is 43.3 Å². The van der Waals surface area contributed by atoms with Crippen LogP contribution in [0.4, 0.5) is 18.0 Å². The van der Waals surface area contributed by atoms with Crippen molar-refractivity contribution >= 4 is 23.6 Å². The first-order valence-electron chi connectivity index (χ1n) is 13.1. The van der Waals surface area contributed by atoms with Gasteiger partial charge in [-0.1, -0.05) is 38.4 Å². The van der Waals surface area contributed by atoms with Crippen molar-refractivity contribution in [2.45, 2.75) is 59.3 Å². The van der Waals surface area contributed by atoms with Crippen LogP contribution >= 0.6 is 11.6 Å². The number of benzene rings is 2. The van der Waals surface area contributed by atoms with Crippen LogP contribution in [0.5, 0.6) is 11.5 Å². The normalized spacial score (nSPS) is 14.8. The molecule has 1 aliphatic carbocycles. The van der Waals surface area contributed by atoms with Crippen molar-refractivity contribution in [3.8, 4) is 23.0 Å². The maximum atomic E-state index is 14.4. The van der Waals surface area contributed by atoms with Crippen LogP contribution in [0.15, 0.2) is 40.8 Å². The Morgan fingerprint density at radius 1 is 1.17 bits per heavy atom. The first-order valence-corrected chi connectivity index (χ1v) is 13.5. The minimum atomic E-state index is -3.08. The molecule has 42 heavy (non-hydrogen) atoms. The van der Waals surface area contributed by atoms with Gasteiger partial charge in [0.25, 0.3) is 5.91 Å². The third-order valence-corrected chi connectivity index (χ3v) is 7.43. The summed E-state index contributed by atoms with van der Waals surface area (Å²) in [5, 5.41) is 2.68. The Morgan fingerprint density at radius 2 is 1.88 bits per heavy atom. The number of nitrogens with one attached hydrogen (secondary N) is 1. The third kappa shape index (κ3) is 6.92. The lowest BCUT2D eigenvalue weighted by Gasteiger charge is -2.38. The molecule has 1 unspecified atom stereocenters. The zero-order valence-electron chi connectivity index (χ0n) is 23.4. The van der Waals surface area contributed by atoms with Crippen molar-refractivity contribution in [3.05, 3.63) is 64.3 Å². The summed E-state index contributed by atoms with van der Waals surface area (Å²) in [6.07, 6.45) is 0.810. The maximum Gasteiger partial charge on any atom is 0.405 e. The van der Waals surface area contributed by atoms with Gasteiger partial charge in [0, 0.05) is 28.1 Å². The van der Waals surface area contributed by atoms with Gasteiger partial charge in [0.15, 0.2) is 28.6 Å². The zero-order chi connectivity index (χ0) is 30.8. The summed E-state index contributed by atoms with van der Waals surface area (Å²) in [5.41, 5.74) is 2.94. The number of hydrogen-bond donors (Lipinski definition) is 2. The molecule has 1 atom stereocenters. The lowest BCUT2D eigenvalue weighted by atomic mass is 9.75. The Bertz CT molecular complexity index is 1450. The minimum absolute atomic E-state index is 0.0339. The molecule has 3 aromatic rings. The maximum absolute atomic E-state index is 14.4. The first kappa shape index (κ1) is 31.0. The van der Waals surface area contributed by atoms with E-state index in [0.29, 0.717) is 12.5 Å². The van der Waals surface area contributed by atoms with Gasteiger partial charge in [-0.15, -0.1) is 0 Å². The molecule has 13 heteroatoms. The van der Waals surface area contributed by atoms with E-state index in [4.69, 9.17) is 31.2 Å². The van der Waals surface area contributed by atoms with Gasteiger partial charge in [-0.3, -0.25) is 4.79 Å². The predicted octanol–water partition coefficient (Wildman–Crippen LogP) is 6.81. The summed E-state index contributed by atoms with van der Waals surface area (Å²) < 4.78 is 62.4. The zero-order valence-corrected chi connectivity index (χ0v) is 24.2. The lowest BCUT2D eigenvalue weighted by Crippen LogP contribution is -2.44. The Kier molecular flexibility index (Phi) is 8.95. The monoisotopic (exact) mass is 609 g/mol. The van der Waals surface area contributed by atoms with E-state index in [1.807, 2.05) is 0 Å². The van der Waals surface area contributed by atoms with Gasteiger partial charge in [-0.25, -0.2) is 14.2 Å². The van der Waals surface area contributed by atoms with Gasteiger partial charge in [0.05, 0.1) is 6.61 Å². The van der Waals surface area contributed by atoms with Crippen LogP contribution in [0.3, 0.4) is 0 Å². The van der Waals surface area contributed by atoms with E-state index in [2.05, 4.69) is 15.0 Å². The Hall–Kier alpha value is -3.93. The predicted molar refractivity (Wildman–Crippen MR) is 147 cm³/mol. The number of nitrogens with zero attached hydrogens (tertiary/aromatic N) is 1. The fourth-order valence-electron chi connectivity index (χ4n) is 4.06. The van der Waals surface area contributed by atoms with Crippen LogP contribution in [0.2, 0.25) is 5.02 Å². The molecule has 0 spiro atoms. The topological polar surface area (TPSA) is 126 Å². The number of nitrogens with two attached hydrogens (primary N) is 1. The number of amides is 2. The van der Waals surface area contributed by atoms with E-state index in [-0.39, 0.29) is 51.5 Å². The largest absolute Gasteiger partial charge is 0.489 e. The van der Waals surface area contributed by atoms with Gasteiger partial charge < -0.3 is 29.7 Å². The Morgan fingerprint density at radius 3 is 2.48 bits per heavy atom. The number of rotatable bonds is 11. The molecule has 1 aliphatic rings. The Balaban J connectivity index is 1.78. The van der Waals surface area contributed by atoms with Crippen LogP contribution in [0, 0.1) is 17.2 Å². The average Bonchev–Trinajstić information content (AvgIpc) is 3.61. The summed E-state index contributed by atoms with van der Waals surface area (Å²) in [4.78, 5) is 29.8. The summed E-state index contributed by atoms with van der Waals surface area (Å²) in [6.45, 7) is 3.66. The number of carbonyl (C=O) groups is 2. The molecule has 0 aliphatic heterocycles. The molecule has 2 aromatic carbocycles. The molecule has 9 nitrogen and oxygen atoms in total. The highest BCUT2D eigenvalue weighted by molar-refractivity contribution is 6.31. The quantitative estimate of drug-likeness (QED) is 0.244. The van der Waals surface area contributed by atoms with Crippen LogP contribution in [-0.4, -0.2) is 30.2 Å². The summed E-state index contributed by atoms with van der Waals surface area (Å²) in [7, 11) is 0. The van der Waals surface area contributed by atoms with Crippen LogP contribution in [0.25, 0.3) is 11.5 Å². The summed E-state index contributed by atoms with van der Waals surface area (Å²) in [5.74, 6) is -1.49. The number of hydrogen-bond acceptors (Lipinski definition) is 7. The minimum Gasteiger partial charge on any atom is -0.489 e. The highest BCUT2D eigenvalue weighted by Crippen LogP contribution is 2.46. The second kappa shape index (κ2) is 12.1. The highest BCUT2D eigenvalue weighted by Gasteiger charge is 2.49. The molecule has 3 N–H and O–H groups in total. The van der Waals surface area contributed by atoms with E-state index in [0.717, 1.165) is 12.8 Å². The van der Waals surface area contributed by atoms with E-state index in [9.17, 15) is 22.8 Å². The number of alkyl halides is 2. The lowest BCUT2D eigenvalue weighted by molar-refractivity contribution is -0.0707. The van der Waals surface area contributed by atoms with Gasteiger partial charge in [0.2, 0.25) is 5.89 Å². The molecule has 4 rings (SSSR count). The molecule has 0 bridgehead atoms. The SMILES string of the molecule is CC(C)(C)C(C)(OC(N)=O)c1oc(-c2ccc(OC(F)F)c(OCC3CC3)c2)nc1C(=O)NCc1c(F)cccc1Cl. The van der Waals surface area contributed by atoms with Crippen LogP contribution in [0.1, 0.15) is 62.3 Å². The average molecular weight is 610 g/mol. The smallest absolute Gasteiger partial charge is 0.405 e. The second-order valence-corrected chi connectivity index (χ2v) is 11.5. The number of carbonyl (C=O) groups excluding carboxylic acids is 2. The molecule has 0 saturated heterocycles. The third-order valence-electron chi connectivity index (χ3n) is 7.08. The number of oxazole rings is 1. The molecule has 1 saturated carbocycles. The van der Waals surface area contributed by atoms with Crippen molar-refractivity contribution < 1.29 is 41.4 Å². The number of halogens is 4. The fraction of sp³-hybridized carbons (Fsp3) is 0.414. The van der Waals surface area contributed by atoms with Crippen LogP contribution < -0.4 is 20.5 Å². The number of aromatic nitrogens is 1. The molecule has 226 valence electrons. The van der Waals surface area contributed by atoms with Crippen molar-refractivity contribution in [3.63, 3.8) is 0 Å². The van der Waals surface area contributed by atoms with Crippen molar-refractivity contribution in [1.82, 2.24) is 10.3 Å². The van der Waals surface area contributed by atoms with Gasteiger partial charge in [-0.05, 0) is 56.0 Å². The molecule has 0 radical (unpaired) electrons. The fourth-order valence-corrected chi connectivity index (χ4v) is 4.28. The van der Waals surface area contributed by atoms with Crippen molar-refractivity contribution in [2.24, 2.45) is 17.1 Å². The molecule has 2 amide bonds. The number of ether oxygens (including phenoxy) is 3. The molecular formula is C29H31ClF3N3O6. The number of primary amides is 1. The van der Waals surface area contributed by atoms with Crippen molar-refractivity contribution in [1.29, 1.82) is 0 Å². The molecule has 1 fully saturated rings. The van der Waals surface area contributed by atoms with E-state index in [1.54, 1.807) is 20.8 Å². The first-order chi connectivity index (χ1) is 19.7. The molecule has 1 heterocycles. The summed E-state index contributed by atoms with van der Waals surface area (Å²) >= 11 is 6.11. The highest BCUT2D eigenvalue weighted by atomic mass is 35.5. The van der Waals surface area contributed by atoms with Gasteiger partial charge >= 0.3 is 12.7 Å². The Labute approximate surface area is 245 Å². The second-order valence-electron chi connectivity index (χ2n) is 11.1. The summed E-state index contributed by atoms with van der Waals surface area (Å²) in [6, 6.07) is 8.20. The van der Waals surface area contributed by atoms with E-state index < -0.39 is 35.4 Å². The standard InChI is InChI=1S/C29H31ClF3N3O6/c1-28(2,3)29(4,42-27(34)38)23-22(24(37)35-13-17-18(30)6-5-7-19(17)31)36-25(41-23)16-10-11-20(40-26(32)33)21(12-16)39-14-15-8-9-15/h5-7,10-12,15,26H,8-9,13-14H2,1-4H3,(H2,34,38)(H,35,37). The molecule has 1 aromatic heterocycles. The van der Waals surface area contributed by atoms with E-state index >= 15 is 0 Å². The van der Waals surface area contributed by atoms with Crippen molar-refractivity contribution in [2.75, 3.05) is 6.61 Å². The van der Waals surface area contributed by atoms with Crippen LogP contribution in [-0.2, 0) is 16.9 Å². The molecular weight excluding hydrogens is 579 g/mol. The van der Waals surface area contributed by atoms with Gasteiger partial charge in [0.1, 0.15) is 5.82 Å².